The van der Waals surface area contributed by atoms with Crippen molar-refractivity contribution in [3.8, 4) is 11.5 Å². The number of halogens is 3. The van der Waals surface area contributed by atoms with Crippen LogP contribution in [0.2, 0.25) is 0 Å². The highest BCUT2D eigenvalue weighted by Gasteiger charge is 2.29. The first-order chi connectivity index (χ1) is 10.9. The molecule has 1 aromatic carbocycles. The molecule has 0 aromatic heterocycles. The van der Waals surface area contributed by atoms with Gasteiger partial charge >= 0.3 is 6.18 Å². The number of methoxy groups -OCH3 is 1. The lowest BCUT2D eigenvalue weighted by Crippen LogP contribution is -2.43. The second-order valence-corrected chi connectivity index (χ2v) is 5.75. The molecule has 1 heterocycles. The van der Waals surface area contributed by atoms with E-state index < -0.39 is 12.8 Å². The van der Waals surface area contributed by atoms with Gasteiger partial charge in [0.2, 0.25) is 0 Å². The van der Waals surface area contributed by atoms with E-state index in [0.29, 0.717) is 11.8 Å². The Morgan fingerprint density at radius 2 is 2.09 bits per heavy atom. The Morgan fingerprint density at radius 3 is 2.74 bits per heavy atom. The maximum atomic E-state index is 12.3. The quantitative estimate of drug-likeness (QED) is 0.869. The summed E-state index contributed by atoms with van der Waals surface area (Å²) in [6.45, 7) is 1.41. The molecule has 2 rings (SSSR count). The second-order valence-electron chi connectivity index (χ2n) is 5.75. The fourth-order valence-electron chi connectivity index (χ4n) is 2.78. The molecule has 1 aliphatic heterocycles. The van der Waals surface area contributed by atoms with Gasteiger partial charge in [0.1, 0.15) is 0 Å². The van der Waals surface area contributed by atoms with E-state index in [1.165, 1.54) is 13.5 Å². The monoisotopic (exact) mass is 332 g/mol. The van der Waals surface area contributed by atoms with Crippen LogP contribution in [-0.4, -0.2) is 51.0 Å². The first-order valence-electron chi connectivity index (χ1n) is 7.67. The van der Waals surface area contributed by atoms with E-state index in [0.717, 1.165) is 31.6 Å². The predicted octanol–water partition coefficient (Wildman–Crippen LogP) is 2.82. The summed E-state index contributed by atoms with van der Waals surface area (Å²) in [6, 6.07) is 5.56. The van der Waals surface area contributed by atoms with Crippen LogP contribution in [0.15, 0.2) is 18.2 Å². The van der Waals surface area contributed by atoms with Gasteiger partial charge in [0.25, 0.3) is 0 Å². The van der Waals surface area contributed by atoms with Crippen LogP contribution in [0.3, 0.4) is 0 Å². The van der Waals surface area contributed by atoms with Crippen molar-refractivity contribution in [2.45, 2.75) is 31.6 Å². The van der Waals surface area contributed by atoms with Gasteiger partial charge in [-0.25, -0.2) is 0 Å². The molecule has 0 spiro atoms. The molecule has 1 aromatic rings. The van der Waals surface area contributed by atoms with Gasteiger partial charge in [-0.1, -0.05) is 6.07 Å². The SMILES string of the molecule is CNC1CCCN(Cc2ccc(OCC(F)(F)F)c(OC)c2)C1. The van der Waals surface area contributed by atoms with Crippen molar-refractivity contribution in [2.24, 2.45) is 0 Å². The Kier molecular flexibility index (Phi) is 6.12. The largest absolute Gasteiger partial charge is 0.493 e. The number of ether oxygens (including phenoxy) is 2. The molecule has 130 valence electrons. The normalized spacial score (nSPS) is 19.6. The zero-order chi connectivity index (χ0) is 16.9. The molecule has 1 atom stereocenters. The number of likely N-dealkylation sites (tertiary alicyclic amines) is 1. The van der Waals surface area contributed by atoms with Crippen molar-refractivity contribution < 1.29 is 22.6 Å². The van der Waals surface area contributed by atoms with Crippen LogP contribution in [0.25, 0.3) is 0 Å². The standard InChI is InChI=1S/C16H23F3N2O2/c1-20-13-4-3-7-21(10-13)9-12-5-6-14(15(8-12)22-2)23-11-16(17,18)19/h5-6,8,13,20H,3-4,7,9-11H2,1-2H3. The zero-order valence-electron chi connectivity index (χ0n) is 13.4. The number of hydrogen-bond donors (Lipinski definition) is 1. The molecule has 1 unspecified atom stereocenters. The number of hydrogen-bond acceptors (Lipinski definition) is 4. The molecular weight excluding hydrogens is 309 g/mol. The van der Waals surface area contributed by atoms with Crippen LogP contribution in [-0.2, 0) is 6.54 Å². The molecule has 0 radical (unpaired) electrons. The third-order valence-electron chi connectivity index (χ3n) is 3.94. The van der Waals surface area contributed by atoms with E-state index in [1.807, 2.05) is 7.05 Å². The molecule has 0 amide bonds. The summed E-state index contributed by atoms with van der Waals surface area (Å²) in [7, 11) is 3.39. The maximum Gasteiger partial charge on any atom is 0.422 e. The van der Waals surface area contributed by atoms with E-state index in [4.69, 9.17) is 9.47 Å². The molecule has 0 aliphatic carbocycles. The van der Waals surface area contributed by atoms with Gasteiger partial charge in [-0.15, -0.1) is 0 Å². The van der Waals surface area contributed by atoms with Crippen LogP contribution in [0, 0.1) is 0 Å². The summed E-state index contributed by atoms with van der Waals surface area (Å²) in [5, 5.41) is 3.29. The van der Waals surface area contributed by atoms with Gasteiger partial charge in [0.15, 0.2) is 18.1 Å². The Bertz CT molecular complexity index is 509. The molecule has 7 heteroatoms. The van der Waals surface area contributed by atoms with Crippen LogP contribution in [0.4, 0.5) is 13.2 Å². The lowest BCUT2D eigenvalue weighted by atomic mass is 10.0. The number of nitrogens with zero attached hydrogens (tertiary/aromatic N) is 1. The Balaban J connectivity index is 2.00. The first-order valence-corrected chi connectivity index (χ1v) is 7.67. The van der Waals surface area contributed by atoms with Crippen molar-refractivity contribution in [1.82, 2.24) is 10.2 Å². The van der Waals surface area contributed by atoms with Gasteiger partial charge < -0.3 is 14.8 Å². The average molecular weight is 332 g/mol. The predicted molar refractivity (Wildman–Crippen MR) is 81.9 cm³/mol. The first kappa shape index (κ1) is 17.9. The molecule has 1 saturated heterocycles. The summed E-state index contributed by atoms with van der Waals surface area (Å²) >= 11 is 0. The Labute approximate surface area is 134 Å². The highest BCUT2D eigenvalue weighted by atomic mass is 19.4. The van der Waals surface area contributed by atoms with Crippen LogP contribution in [0.5, 0.6) is 11.5 Å². The Hall–Kier alpha value is -1.47. The van der Waals surface area contributed by atoms with E-state index in [1.54, 1.807) is 18.2 Å². The molecule has 0 bridgehead atoms. The van der Waals surface area contributed by atoms with Crippen molar-refractivity contribution in [3.05, 3.63) is 23.8 Å². The molecule has 23 heavy (non-hydrogen) atoms. The third kappa shape index (κ3) is 5.58. The summed E-state index contributed by atoms with van der Waals surface area (Å²) < 4.78 is 46.7. The summed E-state index contributed by atoms with van der Waals surface area (Å²) in [5.41, 5.74) is 0.998. The summed E-state index contributed by atoms with van der Waals surface area (Å²) in [4.78, 5) is 2.33. The second kappa shape index (κ2) is 7.88. The van der Waals surface area contributed by atoms with Crippen LogP contribution >= 0.6 is 0 Å². The maximum absolute atomic E-state index is 12.3. The molecule has 1 fully saturated rings. The fourth-order valence-corrected chi connectivity index (χ4v) is 2.78. The highest BCUT2D eigenvalue weighted by Crippen LogP contribution is 2.30. The van der Waals surface area contributed by atoms with Crippen molar-refractivity contribution >= 4 is 0 Å². The molecule has 1 N–H and O–H groups in total. The van der Waals surface area contributed by atoms with Crippen molar-refractivity contribution in [2.75, 3.05) is 33.9 Å². The number of likely N-dealkylation sites (N-methyl/N-ethyl adjacent to an activating group) is 1. The lowest BCUT2D eigenvalue weighted by molar-refractivity contribution is -0.153. The van der Waals surface area contributed by atoms with Crippen LogP contribution in [0.1, 0.15) is 18.4 Å². The van der Waals surface area contributed by atoms with Crippen molar-refractivity contribution in [3.63, 3.8) is 0 Å². The highest BCUT2D eigenvalue weighted by molar-refractivity contribution is 5.43. The molecular formula is C16H23F3N2O2. The number of nitrogens with one attached hydrogen (secondary N) is 1. The van der Waals surface area contributed by atoms with Crippen LogP contribution < -0.4 is 14.8 Å². The molecule has 1 aliphatic rings. The van der Waals surface area contributed by atoms with Gasteiger partial charge in [0, 0.05) is 19.1 Å². The lowest BCUT2D eigenvalue weighted by Gasteiger charge is -2.32. The van der Waals surface area contributed by atoms with E-state index in [9.17, 15) is 13.2 Å². The van der Waals surface area contributed by atoms with E-state index in [-0.39, 0.29) is 5.75 Å². The zero-order valence-corrected chi connectivity index (χ0v) is 13.4. The fraction of sp³-hybridized carbons (Fsp3) is 0.625. The third-order valence-corrected chi connectivity index (χ3v) is 3.94. The van der Waals surface area contributed by atoms with E-state index in [2.05, 4.69) is 10.2 Å². The molecule has 0 saturated carbocycles. The minimum Gasteiger partial charge on any atom is -0.493 e. The minimum absolute atomic E-state index is 0.111. The summed E-state index contributed by atoms with van der Waals surface area (Å²) in [6.07, 6.45) is -2.06. The number of piperidine rings is 1. The molecule has 4 nitrogen and oxygen atoms in total. The van der Waals surface area contributed by atoms with Gasteiger partial charge in [0.05, 0.1) is 7.11 Å². The number of benzene rings is 1. The topological polar surface area (TPSA) is 33.7 Å². The average Bonchev–Trinajstić information content (AvgIpc) is 2.53. The summed E-state index contributed by atoms with van der Waals surface area (Å²) in [5.74, 6) is 0.439. The van der Waals surface area contributed by atoms with Crippen molar-refractivity contribution in [1.29, 1.82) is 0 Å². The van der Waals surface area contributed by atoms with Gasteiger partial charge in [-0.3, -0.25) is 4.90 Å². The van der Waals surface area contributed by atoms with Gasteiger partial charge in [-0.2, -0.15) is 13.2 Å². The Morgan fingerprint density at radius 1 is 1.30 bits per heavy atom. The van der Waals surface area contributed by atoms with Gasteiger partial charge in [-0.05, 0) is 44.1 Å². The smallest absolute Gasteiger partial charge is 0.422 e. The van der Waals surface area contributed by atoms with E-state index >= 15 is 0 Å². The number of rotatable bonds is 6. The number of alkyl halides is 3. The minimum atomic E-state index is -4.36.